The van der Waals surface area contributed by atoms with E-state index in [-0.39, 0.29) is 23.0 Å². The van der Waals surface area contributed by atoms with Gasteiger partial charge in [0.1, 0.15) is 5.82 Å². The summed E-state index contributed by atoms with van der Waals surface area (Å²) in [7, 11) is -3.84. The van der Waals surface area contributed by atoms with Crippen molar-refractivity contribution in [1.29, 1.82) is 0 Å². The molecule has 1 amide bonds. The molecule has 5 nitrogen and oxygen atoms in total. The number of anilines is 1. The third-order valence-electron chi connectivity index (χ3n) is 5.19. The Kier molecular flexibility index (Phi) is 5.30. The van der Waals surface area contributed by atoms with Crippen molar-refractivity contribution >= 4 is 21.6 Å². The van der Waals surface area contributed by atoms with Gasteiger partial charge in [-0.25, -0.2) is 12.8 Å². The van der Waals surface area contributed by atoms with E-state index in [1.54, 1.807) is 24.3 Å². The number of nitrogens with zero attached hydrogens (tertiary/aromatic N) is 1. The van der Waals surface area contributed by atoms with Crippen LogP contribution in [0.2, 0.25) is 0 Å². The SMILES string of the molecule is CC1Cc2ccccc2N1S(=O)(=O)c1cccc(C(=O)NCc2ccccc2F)c1. The standard InChI is InChI=1S/C23H21FN2O3S/c1-16-13-17-7-3-5-12-22(17)26(16)30(28,29)20-10-6-9-18(14-20)23(27)25-15-19-8-2-4-11-21(19)24/h2-12,14,16H,13,15H2,1H3,(H,25,27). The predicted molar refractivity (Wildman–Crippen MR) is 113 cm³/mol. The number of rotatable bonds is 5. The van der Waals surface area contributed by atoms with E-state index in [1.807, 2.05) is 25.1 Å². The summed E-state index contributed by atoms with van der Waals surface area (Å²) in [6.07, 6.45) is 0.637. The quantitative estimate of drug-likeness (QED) is 0.676. The van der Waals surface area contributed by atoms with Gasteiger partial charge >= 0.3 is 0 Å². The van der Waals surface area contributed by atoms with Gasteiger partial charge in [-0.3, -0.25) is 9.10 Å². The third-order valence-corrected chi connectivity index (χ3v) is 7.12. The number of para-hydroxylation sites is 1. The van der Waals surface area contributed by atoms with Crippen molar-refractivity contribution in [3.8, 4) is 0 Å². The number of halogens is 1. The molecule has 1 atom stereocenters. The topological polar surface area (TPSA) is 66.5 Å². The second-order valence-corrected chi connectivity index (χ2v) is 9.10. The van der Waals surface area contributed by atoms with E-state index >= 15 is 0 Å². The molecule has 1 heterocycles. The van der Waals surface area contributed by atoms with Gasteiger partial charge in [-0.05, 0) is 49.2 Å². The molecule has 30 heavy (non-hydrogen) atoms. The highest BCUT2D eigenvalue weighted by molar-refractivity contribution is 7.92. The summed E-state index contributed by atoms with van der Waals surface area (Å²) >= 11 is 0. The van der Waals surface area contributed by atoms with Gasteiger partial charge in [0, 0.05) is 23.7 Å². The molecule has 0 radical (unpaired) electrons. The van der Waals surface area contributed by atoms with Crippen molar-refractivity contribution in [2.24, 2.45) is 0 Å². The first kappa shape index (κ1) is 20.1. The van der Waals surface area contributed by atoms with Gasteiger partial charge in [-0.15, -0.1) is 0 Å². The number of hydrogen-bond donors (Lipinski definition) is 1. The molecular formula is C23H21FN2O3S. The highest BCUT2D eigenvalue weighted by Gasteiger charge is 2.36. The molecule has 0 saturated carbocycles. The molecule has 0 bridgehead atoms. The fraction of sp³-hybridized carbons (Fsp3) is 0.174. The first-order chi connectivity index (χ1) is 14.4. The van der Waals surface area contributed by atoms with E-state index < -0.39 is 21.7 Å². The minimum absolute atomic E-state index is 0.0129. The lowest BCUT2D eigenvalue weighted by atomic mass is 10.1. The zero-order valence-electron chi connectivity index (χ0n) is 16.4. The fourth-order valence-corrected chi connectivity index (χ4v) is 5.47. The number of carbonyl (C=O) groups is 1. The Bertz CT molecular complexity index is 1210. The number of nitrogens with one attached hydrogen (secondary N) is 1. The molecule has 1 unspecified atom stereocenters. The Morgan fingerprint density at radius 1 is 1.07 bits per heavy atom. The van der Waals surface area contributed by atoms with Crippen molar-refractivity contribution in [2.75, 3.05) is 4.31 Å². The maximum atomic E-state index is 13.8. The number of benzene rings is 3. The molecule has 1 aliphatic heterocycles. The molecule has 1 aliphatic rings. The predicted octanol–water partition coefficient (Wildman–Crippen LogP) is 3.90. The molecule has 7 heteroatoms. The summed E-state index contributed by atoms with van der Waals surface area (Å²) < 4.78 is 41.9. The van der Waals surface area contributed by atoms with Crippen LogP contribution in [0.25, 0.3) is 0 Å². The Morgan fingerprint density at radius 2 is 1.80 bits per heavy atom. The second-order valence-electron chi connectivity index (χ2n) is 7.28. The molecule has 3 aromatic rings. The maximum Gasteiger partial charge on any atom is 0.264 e. The maximum absolute atomic E-state index is 13.8. The molecule has 154 valence electrons. The summed E-state index contributed by atoms with van der Waals surface area (Å²) in [6.45, 7) is 1.88. The van der Waals surface area contributed by atoms with E-state index in [0.29, 0.717) is 17.7 Å². The zero-order valence-corrected chi connectivity index (χ0v) is 17.2. The number of hydrogen-bond acceptors (Lipinski definition) is 3. The second kappa shape index (κ2) is 7.91. The molecule has 0 saturated heterocycles. The van der Waals surface area contributed by atoms with Crippen LogP contribution in [0.1, 0.15) is 28.4 Å². The van der Waals surface area contributed by atoms with Crippen molar-refractivity contribution < 1.29 is 17.6 Å². The Morgan fingerprint density at radius 3 is 2.60 bits per heavy atom. The van der Waals surface area contributed by atoms with Crippen molar-refractivity contribution in [3.05, 3.63) is 95.3 Å². The molecule has 0 spiro atoms. The summed E-state index contributed by atoms with van der Waals surface area (Å²) in [4.78, 5) is 12.6. The first-order valence-corrected chi connectivity index (χ1v) is 11.1. The summed E-state index contributed by atoms with van der Waals surface area (Å²) in [5.74, 6) is -0.874. The smallest absolute Gasteiger partial charge is 0.264 e. The third kappa shape index (κ3) is 3.68. The van der Waals surface area contributed by atoms with Gasteiger partial charge in [-0.2, -0.15) is 0 Å². The van der Waals surface area contributed by atoms with E-state index in [4.69, 9.17) is 0 Å². The lowest BCUT2D eigenvalue weighted by molar-refractivity contribution is 0.0950. The summed E-state index contributed by atoms with van der Waals surface area (Å²) in [6, 6.07) is 19.3. The highest BCUT2D eigenvalue weighted by Crippen LogP contribution is 2.36. The molecule has 1 N–H and O–H groups in total. The molecule has 0 fully saturated rings. The molecule has 0 aliphatic carbocycles. The van der Waals surface area contributed by atoms with Crippen molar-refractivity contribution in [3.63, 3.8) is 0 Å². The van der Waals surface area contributed by atoms with Gasteiger partial charge in [-0.1, -0.05) is 42.5 Å². The zero-order chi connectivity index (χ0) is 21.3. The molecule has 4 rings (SSSR count). The van der Waals surface area contributed by atoms with Crippen LogP contribution in [0.15, 0.2) is 77.7 Å². The average molecular weight is 424 g/mol. The van der Waals surface area contributed by atoms with E-state index in [2.05, 4.69) is 5.32 Å². The van der Waals surface area contributed by atoms with Crippen LogP contribution < -0.4 is 9.62 Å². The van der Waals surface area contributed by atoms with Crippen molar-refractivity contribution in [2.45, 2.75) is 30.8 Å². The van der Waals surface area contributed by atoms with Crippen LogP contribution in [0.3, 0.4) is 0 Å². The number of sulfonamides is 1. The lowest BCUT2D eigenvalue weighted by Gasteiger charge is -2.24. The van der Waals surface area contributed by atoms with Gasteiger partial charge in [0.15, 0.2) is 0 Å². The van der Waals surface area contributed by atoms with E-state index in [1.165, 1.54) is 34.6 Å². The summed E-state index contributed by atoms with van der Waals surface area (Å²) in [5, 5.41) is 2.64. The van der Waals surface area contributed by atoms with Gasteiger partial charge in [0.2, 0.25) is 0 Å². The fourth-order valence-electron chi connectivity index (χ4n) is 3.73. The molecule has 0 aromatic heterocycles. The van der Waals surface area contributed by atoms with E-state index in [0.717, 1.165) is 5.56 Å². The van der Waals surface area contributed by atoms with Gasteiger partial charge < -0.3 is 5.32 Å². The first-order valence-electron chi connectivity index (χ1n) is 9.62. The van der Waals surface area contributed by atoms with Gasteiger partial charge in [0.25, 0.3) is 15.9 Å². The van der Waals surface area contributed by atoms with Crippen molar-refractivity contribution in [1.82, 2.24) is 5.32 Å². The Balaban J connectivity index is 1.58. The Hall–Kier alpha value is -3.19. The number of fused-ring (bicyclic) bond motifs is 1. The highest BCUT2D eigenvalue weighted by atomic mass is 32.2. The largest absolute Gasteiger partial charge is 0.348 e. The van der Waals surface area contributed by atoms with Crippen LogP contribution in [-0.2, 0) is 23.0 Å². The summed E-state index contributed by atoms with van der Waals surface area (Å²) in [5.41, 5.74) is 2.21. The minimum Gasteiger partial charge on any atom is -0.348 e. The van der Waals surface area contributed by atoms with Crippen LogP contribution in [0.5, 0.6) is 0 Å². The van der Waals surface area contributed by atoms with Gasteiger partial charge in [0.05, 0.1) is 10.6 Å². The average Bonchev–Trinajstić information content (AvgIpc) is 3.09. The van der Waals surface area contributed by atoms with Crippen LogP contribution in [0.4, 0.5) is 10.1 Å². The van der Waals surface area contributed by atoms with Crippen LogP contribution >= 0.6 is 0 Å². The Labute approximate surface area is 175 Å². The molecule has 3 aromatic carbocycles. The molecular weight excluding hydrogens is 403 g/mol. The van der Waals surface area contributed by atoms with Crippen LogP contribution in [-0.4, -0.2) is 20.4 Å². The van der Waals surface area contributed by atoms with Crippen LogP contribution in [0, 0.1) is 5.82 Å². The minimum atomic E-state index is -3.84. The number of carbonyl (C=O) groups excluding carboxylic acids is 1. The van der Waals surface area contributed by atoms with E-state index in [9.17, 15) is 17.6 Å². The number of amides is 1. The normalized spacial score (nSPS) is 15.7. The lowest BCUT2D eigenvalue weighted by Crippen LogP contribution is -2.35. The monoisotopic (exact) mass is 424 g/mol.